The van der Waals surface area contributed by atoms with E-state index in [9.17, 15) is 14.9 Å². The second kappa shape index (κ2) is 6.55. The summed E-state index contributed by atoms with van der Waals surface area (Å²) in [4.78, 5) is 21.7. The van der Waals surface area contributed by atoms with Gasteiger partial charge in [0.05, 0.1) is 4.92 Å². The van der Waals surface area contributed by atoms with Crippen molar-refractivity contribution in [2.45, 2.75) is 25.9 Å². The number of benzene rings is 1. The van der Waals surface area contributed by atoms with Gasteiger partial charge >= 0.3 is 5.69 Å². The molecule has 1 atom stereocenters. The number of carbonyl (C=O) groups is 1. The summed E-state index contributed by atoms with van der Waals surface area (Å²) in [7, 11) is 0. The van der Waals surface area contributed by atoms with Crippen molar-refractivity contribution in [1.82, 2.24) is 5.43 Å². The molecular weight excluding hydrogens is 238 g/mol. The first kappa shape index (κ1) is 13.9. The van der Waals surface area contributed by atoms with Crippen LogP contribution in [0.15, 0.2) is 24.3 Å². The molecule has 0 aromatic heterocycles. The topological polar surface area (TPSA) is 107 Å². The summed E-state index contributed by atoms with van der Waals surface area (Å²) in [6.45, 7) is 1.87. The molecule has 1 amide bonds. The molecule has 0 radical (unpaired) electrons. The number of nitro benzene ring substituents is 1. The first-order valence-corrected chi connectivity index (χ1v) is 5.50. The van der Waals surface area contributed by atoms with Gasteiger partial charge in [-0.1, -0.05) is 25.5 Å². The number of nitrogens with two attached hydrogens (primary N) is 1. The largest absolute Gasteiger partial charge is 0.473 e. The van der Waals surface area contributed by atoms with Gasteiger partial charge < -0.3 is 4.74 Å². The number of amides is 1. The summed E-state index contributed by atoms with van der Waals surface area (Å²) in [5.41, 5.74) is 1.81. The second-order valence-electron chi connectivity index (χ2n) is 3.63. The first-order chi connectivity index (χ1) is 8.60. The van der Waals surface area contributed by atoms with Crippen LogP contribution in [0.4, 0.5) is 5.69 Å². The lowest BCUT2D eigenvalue weighted by Gasteiger charge is -2.16. The lowest BCUT2D eigenvalue weighted by Crippen LogP contribution is -2.42. The van der Waals surface area contributed by atoms with E-state index in [0.717, 1.165) is 0 Å². The molecule has 0 spiro atoms. The number of nitrogens with one attached hydrogen (secondary N) is 1. The molecule has 3 N–H and O–H groups in total. The van der Waals surface area contributed by atoms with Crippen molar-refractivity contribution in [3.63, 3.8) is 0 Å². The zero-order valence-corrected chi connectivity index (χ0v) is 9.96. The average molecular weight is 253 g/mol. The van der Waals surface area contributed by atoms with E-state index in [-0.39, 0.29) is 11.4 Å². The van der Waals surface area contributed by atoms with E-state index >= 15 is 0 Å². The van der Waals surface area contributed by atoms with Gasteiger partial charge in [-0.2, -0.15) is 0 Å². The summed E-state index contributed by atoms with van der Waals surface area (Å²) in [6, 6.07) is 5.90. The predicted octanol–water partition coefficient (Wildman–Crippen LogP) is 1.13. The standard InChI is InChI=1S/C11H15N3O4/c1-2-5-10(11(15)13-12)18-9-7-4-3-6-8(9)14(16)17/h3-4,6-7,10H,2,5,12H2,1H3,(H,13,15). The summed E-state index contributed by atoms with van der Waals surface area (Å²) >= 11 is 0. The van der Waals surface area contributed by atoms with E-state index in [1.165, 1.54) is 18.2 Å². The molecule has 0 fully saturated rings. The Morgan fingerprint density at radius 2 is 2.22 bits per heavy atom. The van der Waals surface area contributed by atoms with E-state index in [0.29, 0.717) is 12.8 Å². The molecule has 0 heterocycles. The molecule has 0 aliphatic rings. The van der Waals surface area contributed by atoms with Crippen LogP contribution in [0, 0.1) is 10.1 Å². The maximum Gasteiger partial charge on any atom is 0.310 e. The number of ether oxygens (including phenoxy) is 1. The van der Waals surface area contributed by atoms with Crippen molar-refractivity contribution in [1.29, 1.82) is 0 Å². The third-order valence-corrected chi connectivity index (χ3v) is 2.32. The fraction of sp³-hybridized carbons (Fsp3) is 0.364. The number of para-hydroxylation sites is 2. The Labute approximate surface area is 104 Å². The third kappa shape index (κ3) is 3.42. The zero-order chi connectivity index (χ0) is 13.5. The van der Waals surface area contributed by atoms with Crippen LogP contribution in [0.25, 0.3) is 0 Å². The predicted molar refractivity (Wildman–Crippen MR) is 64.8 cm³/mol. The molecule has 1 unspecified atom stereocenters. The number of nitrogens with zero attached hydrogens (tertiary/aromatic N) is 1. The zero-order valence-electron chi connectivity index (χ0n) is 9.96. The summed E-state index contributed by atoms with van der Waals surface area (Å²) in [5, 5.41) is 10.8. The number of carbonyl (C=O) groups excluding carboxylic acids is 1. The summed E-state index contributed by atoms with van der Waals surface area (Å²) in [5.74, 6) is 4.60. The molecule has 0 saturated heterocycles. The van der Waals surface area contributed by atoms with Crippen LogP contribution in [0.2, 0.25) is 0 Å². The Bertz CT molecular complexity index is 436. The number of nitro groups is 1. The van der Waals surface area contributed by atoms with E-state index in [4.69, 9.17) is 10.6 Å². The van der Waals surface area contributed by atoms with Crippen LogP contribution < -0.4 is 16.0 Å². The van der Waals surface area contributed by atoms with Crippen LogP contribution in [-0.4, -0.2) is 16.9 Å². The Morgan fingerprint density at radius 3 is 2.78 bits per heavy atom. The smallest absolute Gasteiger partial charge is 0.310 e. The van der Waals surface area contributed by atoms with E-state index < -0.39 is 16.9 Å². The van der Waals surface area contributed by atoms with Crippen LogP contribution in [0.1, 0.15) is 19.8 Å². The minimum absolute atomic E-state index is 0.0598. The highest BCUT2D eigenvalue weighted by Gasteiger charge is 2.22. The van der Waals surface area contributed by atoms with Gasteiger partial charge in [0.2, 0.25) is 0 Å². The number of rotatable bonds is 6. The van der Waals surface area contributed by atoms with Gasteiger partial charge in [0.15, 0.2) is 11.9 Å². The lowest BCUT2D eigenvalue weighted by molar-refractivity contribution is -0.386. The number of hydrogen-bond donors (Lipinski definition) is 2. The van der Waals surface area contributed by atoms with Crippen LogP contribution in [0.3, 0.4) is 0 Å². The van der Waals surface area contributed by atoms with Gasteiger partial charge in [-0.25, -0.2) is 5.84 Å². The molecule has 7 heteroatoms. The highest BCUT2D eigenvalue weighted by Crippen LogP contribution is 2.27. The third-order valence-electron chi connectivity index (χ3n) is 2.32. The molecule has 98 valence electrons. The van der Waals surface area contributed by atoms with Crippen molar-refractivity contribution < 1.29 is 14.5 Å². The van der Waals surface area contributed by atoms with Crippen molar-refractivity contribution in [3.05, 3.63) is 34.4 Å². The molecule has 7 nitrogen and oxygen atoms in total. The van der Waals surface area contributed by atoms with E-state index in [1.807, 2.05) is 12.3 Å². The Morgan fingerprint density at radius 1 is 1.56 bits per heavy atom. The molecule has 1 aromatic carbocycles. The molecular formula is C11H15N3O4. The maximum atomic E-state index is 11.5. The fourth-order valence-electron chi connectivity index (χ4n) is 1.46. The van der Waals surface area contributed by atoms with Crippen molar-refractivity contribution in [3.8, 4) is 5.75 Å². The van der Waals surface area contributed by atoms with Gasteiger partial charge in [-0.05, 0) is 12.5 Å². The van der Waals surface area contributed by atoms with Gasteiger partial charge in [0.25, 0.3) is 5.91 Å². The Kier molecular flexibility index (Phi) is 5.06. The first-order valence-electron chi connectivity index (χ1n) is 5.50. The van der Waals surface area contributed by atoms with Gasteiger partial charge in [0, 0.05) is 6.07 Å². The summed E-state index contributed by atoms with van der Waals surface area (Å²) in [6.07, 6.45) is 0.287. The van der Waals surface area contributed by atoms with Gasteiger partial charge in [0.1, 0.15) is 0 Å². The quantitative estimate of drug-likeness (QED) is 0.342. The second-order valence-corrected chi connectivity index (χ2v) is 3.63. The highest BCUT2D eigenvalue weighted by atomic mass is 16.6. The van der Waals surface area contributed by atoms with E-state index in [2.05, 4.69) is 0 Å². The van der Waals surface area contributed by atoms with Gasteiger partial charge in [-0.3, -0.25) is 20.3 Å². The van der Waals surface area contributed by atoms with Crippen molar-refractivity contribution >= 4 is 11.6 Å². The minimum atomic E-state index is -0.832. The van der Waals surface area contributed by atoms with Crippen molar-refractivity contribution in [2.75, 3.05) is 0 Å². The molecule has 0 saturated carbocycles. The monoisotopic (exact) mass is 253 g/mol. The van der Waals surface area contributed by atoms with Crippen molar-refractivity contribution in [2.24, 2.45) is 5.84 Å². The van der Waals surface area contributed by atoms with Crippen LogP contribution in [0.5, 0.6) is 5.75 Å². The normalized spacial score (nSPS) is 11.7. The SMILES string of the molecule is CCCC(Oc1ccccc1[N+](=O)[O-])C(=O)NN. The Hall–Kier alpha value is -2.15. The molecule has 0 aliphatic carbocycles. The van der Waals surface area contributed by atoms with Crippen LogP contribution >= 0.6 is 0 Å². The number of hydrogen-bond acceptors (Lipinski definition) is 5. The molecule has 0 bridgehead atoms. The molecule has 1 aromatic rings. The molecule has 18 heavy (non-hydrogen) atoms. The molecule has 1 rings (SSSR count). The lowest BCUT2D eigenvalue weighted by atomic mass is 10.2. The minimum Gasteiger partial charge on any atom is -0.473 e. The van der Waals surface area contributed by atoms with Crippen LogP contribution in [-0.2, 0) is 4.79 Å². The average Bonchev–Trinajstić information content (AvgIpc) is 2.37. The highest BCUT2D eigenvalue weighted by molar-refractivity contribution is 5.80. The Balaban J connectivity index is 2.93. The molecule has 0 aliphatic heterocycles. The fourth-order valence-corrected chi connectivity index (χ4v) is 1.46. The van der Waals surface area contributed by atoms with E-state index in [1.54, 1.807) is 6.07 Å². The maximum absolute atomic E-state index is 11.5. The number of hydrazine groups is 1. The summed E-state index contributed by atoms with van der Waals surface area (Å²) < 4.78 is 5.37. The van der Waals surface area contributed by atoms with Gasteiger partial charge in [-0.15, -0.1) is 0 Å².